The molecule has 1 heterocycles. The van der Waals surface area contributed by atoms with Gasteiger partial charge in [0, 0.05) is 30.6 Å². The third-order valence-corrected chi connectivity index (χ3v) is 3.26. The Morgan fingerprint density at radius 1 is 1.77 bits per heavy atom. The summed E-state index contributed by atoms with van der Waals surface area (Å²) in [4.78, 5) is 2.24. The Balaban J connectivity index is 2.24. The molecule has 0 radical (unpaired) electrons. The molecule has 74 valence electrons. The van der Waals surface area contributed by atoms with E-state index in [1.165, 1.54) is 0 Å². The molecule has 1 fully saturated rings. The fourth-order valence-corrected chi connectivity index (χ4v) is 2.61. The standard InChI is InChI=1S/C9H16N2OS/c1-8-6-11(4-5-13-8)7-9(12)2-3-10/h8-9,12H,2,4-7H2,1H3/t8?,9-/m1/s1. The van der Waals surface area contributed by atoms with Gasteiger partial charge in [-0.25, -0.2) is 0 Å². The number of rotatable bonds is 3. The summed E-state index contributed by atoms with van der Waals surface area (Å²) in [6, 6.07) is 1.99. The van der Waals surface area contributed by atoms with Crippen LogP contribution < -0.4 is 0 Å². The van der Waals surface area contributed by atoms with Crippen molar-refractivity contribution in [3.05, 3.63) is 0 Å². The second kappa shape index (κ2) is 5.48. The van der Waals surface area contributed by atoms with Crippen molar-refractivity contribution in [2.75, 3.05) is 25.4 Å². The first-order valence-corrected chi connectivity index (χ1v) is 5.66. The Kier molecular flexibility index (Phi) is 4.57. The van der Waals surface area contributed by atoms with Crippen molar-refractivity contribution < 1.29 is 5.11 Å². The summed E-state index contributed by atoms with van der Waals surface area (Å²) in [5, 5.41) is 18.5. The maximum atomic E-state index is 9.42. The van der Waals surface area contributed by atoms with E-state index >= 15 is 0 Å². The average Bonchev–Trinajstić information content (AvgIpc) is 2.04. The Morgan fingerprint density at radius 3 is 3.15 bits per heavy atom. The van der Waals surface area contributed by atoms with Gasteiger partial charge in [-0.1, -0.05) is 6.92 Å². The maximum Gasteiger partial charge on any atom is 0.0796 e. The van der Waals surface area contributed by atoms with Gasteiger partial charge in [0.15, 0.2) is 0 Å². The lowest BCUT2D eigenvalue weighted by atomic mass is 10.2. The van der Waals surface area contributed by atoms with Gasteiger partial charge < -0.3 is 5.11 Å². The highest BCUT2D eigenvalue weighted by atomic mass is 32.2. The Morgan fingerprint density at radius 2 is 2.54 bits per heavy atom. The van der Waals surface area contributed by atoms with Gasteiger partial charge >= 0.3 is 0 Å². The number of aliphatic hydroxyl groups excluding tert-OH is 1. The molecule has 1 unspecified atom stereocenters. The molecule has 2 atom stereocenters. The Labute approximate surface area is 83.7 Å². The van der Waals surface area contributed by atoms with Crippen LogP contribution in [0.3, 0.4) is 0 Å². The molecule has 1 rings (SSSR count). The monoisotopic (exact) mass is 200 g/mol. The van der Waals surface area contributed by atoms with Crippen LogP contribution in [-0.2, 0) is 0 Å². The fraction of sp³-hybridized carbons (Fsp3) is 0.889. The van der Waals surface area contributed by atoms with E-state index in [4.69, 9.17) is 5.26 Å². The van der Waals surface area contributed by atoms with E-state index in [-0.39, 0.29) is 6.42 Å². The Hall–Kier alpha value is -0.240. The molecule has 0 aromatic heterocycles. The molecule has 0 aromatic rings. The van der Waals surface area contributed by atoms with Gasteiger partial charge in [-0.15, -0.1) is 0 Å². The molecule has 0 aliphatic carbocycles. The van der Waals surface area contributed by atoms with Crippen LogP contribution in [0.25, 0.3) is 0 Å². The van der Waals surface area contributed by atoms with Crippen molar-refractivity contribution in [3.63, 3.8) is 0 Å². The summed E-state index contributed by atoms with van der Waals surface area (Å²) >= 11 is 1.97. The van der Waals surface area contributed by atoms with Crippen LogP contribution in [0.2, 0.25) is 0 Å². The van der Waals surface area contributed by atoms with Crippen molar-refractivity contribution in [3.8, 4) is 6.07 Å². The molecule has 1 N–H and O–H groups in total. The first-order chi connectivity index (χ1) is 6.22. The lowest BCUT2D eigenvalue weighted by Crippen LogP contribution is -2.41. The first-order valence-electron chi connectivity index (χ1n) is 4.61. The van der Waals surface area contributed by atoms with E-state index in [1.807, 2.05) is 17.8 Å². The summed E-state index contributed by atoms with van der Waals surface area (Å²) in [7, 11) is 0. The van der Waals surface area contributed by atoms with Crippen molar-refractivity contribution in [2.24, 2.45) is 0 Å². The SMILES string of the molecule is CC1CN(C[C@H](O)CC#N)CCS1. The number of aliphatic hydroxyl groups is 1. The summed E-state index contributed by atoms with van der Waals surface area (Å²) in [6.45, 7) is 4.93. The third-order valence-electron chi connectivity index (χ3n) is 2.12. The van der Waals surface area contributed by atoms with E-state index in [1.54, 1.807) is 0 Å². The largest absolute Gasteiger partial charge is 0.391 e. The predicted molar refractivity (Wildman–Crippen MR) is 54.6 cm³/mol. The normalized spacial score (nSPS) is 26.7. The molecular weight excluding hydrogens is 184 g/mol. The van der Waals surface area contributed by atoms with E-state index in [2.05, 4.69) is 11.8 Å². The zero-order valence-electron chi connectivity index (χ0n) is 7.94. The van der Waals surface area contributed by atoms with E-state index in [9.17, 15) is 5.11 Å². The molecule has 0 spiro atoms. The van der Waals surface area contributed by atoms with E-state index < -0.39 is 6.10 Å². The van der Waals surface area contributed by atoms with Crippen molar-refractivity contribution >= 4 is 11.8 Å². The zero-order valence-corrected chi connectivity index (χ0v) is 8.76. The van der Waals surface area contributed by atoms with Crippen LogP contribution in [0, 0.1) is 11.3 Å². The topological polar surface area (TPSA) is 47.3 Å². The molecular formula is C9H16N2OS. The molecule has 1 aliphatic heterocycles. The summed E-state index contributed by atoms with van der Waals surface area (Å²) in [5.41, 5.74) is 0. The molecule has 0 aromatic carbocycles. The summed E-state index contributed by atoms with van der Waals surface area (Å²) < 4.78 is 0. The molecule has 4 heteroatoms. The number of nitrogens with zero attached hydrogens (tertiary/aromatic N) is 2. The van der Waals surface area contributed by atoms with Gasteiger partial charge in [-0.3, -0.25) is 4.90 Å². The number of hydrogen-bond acceptors (Lipinski definition) is 4. The lowest BCUT2D eigenvalue weighted by Gasteiger charge is -2.31. The van der Waals surface area contributed by atoms with Crippen LogP contribution in [0.1, 0.15) is 13.3 Å². The summed E-state index contributed by atoms with van der Waals surface area (Å²) in [6.07, 6.45) is -0.224. The van der Waals surface area contributed by atoms with Crippen LogP contribution in [0.15, 0.2) is 0 Å². The van der Waals surface area contributed by atoms with Crippen LogP contribution in [0.4, 0.5) is 0 Å². The number of hydrogen-bond donors (Lipinski definition) is 1. The molecule has 0 bridgehead atoms. The molecule has 3 nitrogen and oxygen atoms in total. The molecule has 1 aliphatic rings. The first kappa shape index (κ1) is 10.8. The number of nitriles is 1. The van der Waals surface area contributed by atoms with Crippen molar-refractivity contribution in [2.45, 2.75) is 24.7 Å². The molecule has 0 amide bonds. The van der Waals surface area contributed by atoms with Crippen LogP contribution in [-0.4, -0.2) is 46.7 Å². The second-order valence-corrected chi connectivity index (χ2v) is 5.00. The van der Waals surface area contributed by atoms with Crippen LogP contribution in [0.5, 0.6) is 0 Å². The van der Waals surface area contributed by atoms with Gasteiger partial charge in [0.1, 0.15) is 0 Å². The molecule has 1 saturated heterocycles. The highest BCUT2D eigenvalue weighted by molar-refractivity contribution is 7.99. The predicted octanol–water partition coefficient (Wildman–Crippen LogP) is 0.698. The van der Waals surface area contributed by atoms with Crippen LogP contribution >= 0.6 is 11.8 Å². The second-order valence-electron chi connectivity index (χ2n) is 3.46. The van der Waals surface area contributed by atoms with Gasteiger partial charge in [0.25, 0.3) is 0 Å². The molecule has 0 saturated carbocycles. The minimum atomic E-state index is -0.472. The van der Waals surface area contributed by atoms with Gasteiger partial charge in [-0.2, -0.15) is 17.0 Å². The minimum Gasteiger partial charge on any atom is -0.391 e. The third kappa shape index (κ3) is 3.99. The highest BCUT2D eigenvalue weighted by Crippen LogP contribution is 2.17. The quantitative estimate of drug-likeness (QED) is 0.728. The number of β-amino-alcohol motifs (C(OH)–C–C–N with tert-alkyl or cyclic N) is 1. The maximum absolute atomic E-state index is 9.42. The van der Waals surface area contributed by atoms with Gasteiger partial charge in [0.05, 0.1) is 18.6 Å². The average molecular weight is 200 g/mol. The zero-order chi connectivity index (χ0) is 9.68. The fourth-order valence-electron chi connectivity index (χ4n) is 1.52. The van der Waals surface area contributed by atoms with Gasteiger partial charge in [0.2, 0.25) is 0 Å². The van der Waals surface area contributed by atoms with Gasteiger partial charge in [-0.05, 0) is 0 Å². The Bertz CT molecular complexity index is 193. The highest BCUT2D eigenvalue weighted by Gasteiger charge is 2.18. The summed E-state index contributed by atoms with van der Waals surface area (Å²) in [5.74, 6) is 1.14. The number of thioether (sulfide) groups is 1. The molecule has 13 heavy (non-hydrogen) atoms. The smallest absolute Gasteiger partial charge is 0.0796 e. The van der Waals surface area contributed by atoms with Crippen molar-refractivity contribution in [1.82, 2.24) is 4.90 Å². The van der Waals surface area contributed by atoms with Crippen molar-refractivity contribution in [1.29, 1.82) is 5.26 Å². The van der Waals surface area contributed by atoms with E-state index in [0.29, 0.717) is 11.8 Å². The minimum absolute atomic E-state index is 0.248. The van der Waals surface area contributed by atoms with E-state index in [0.717, 1.165) is 18.8 Å². The lowest BCUT2D eigenvalue weighted by molar-refractivity contribution is 0.118.